The molecule has 1 fully saturated rings. The van der Waals surface area contributed by atoms with E-state index < -0.39 is 0 Å². The molecule has 0 saturated carbocycles. The summed E-state index contributed by atoms with van der Waals surface area (Å²) in [4.78, 5) is 0. The maximum Gasteiger partial charge on any atom is 0.150 e. The highest BCUT2D eigenvalue weighted by atomic mass is 16.5. The van der Waals surface area contributed by atoms with Crippen molar-refractivity contribution in [1.29, 1.82) is 0 Å². The summed E-state index contributed by atoms with van der Waals surface area (Å²) in [5, 5.41) is 18.5. The Balaban J connectivity index is 1.33. The van der Waals surface area contributed by atoms with E-state index in [2.05, 4.69) is 52.0 Å². The molecule has 5 aromatic rings. The number of rotatable bonds is 4. The second-order valence-electron chi connectivity index (χ2n) is 9.29. The monoisotopic (exact) mass is 466 g/mol. The molecule has 8 nitrogen and oxygen atoms in total. The van der Waals surface area contributed by atoms with Crippen LogP contribution >= 0.6 is 0 Å². The number of hydrogen-bond donors (Lipinski definition) is 1. The predicted octanol–water partition coefficient (Wildman–Crippen LogP) is 4.89. The highest BCUT2D eigenvalue weighted by Crippen LogP contribution is 2.35. The maximum absolute atomic E-state index is 6.09. The van der Waals surface area contributed by atoms with Crippen LogP contribution < -0.4 is 5.32 Å². The number of nitrogens with one attached hydrogen (secondary N) is 1. The minimum Gasteiger partial charge on any atom is -0.472 e. The standard InChI is InChI=1S/C27H26N6O2/c1-2-11-35-26(3-1)33-25-7-5-19(20-9-12-34-17-20)14-23(25)27(30-33)24-16-32(31-29-24)22-6-4-18-8-10-28-15-21(18)13-22/h4-7,9,12-14,16-17,26,28H,1-3,8,10-11,15H2. The average molecular weight is 467 g/mol. The van der Waals surface area contributed by atoms with Crippen LogP contribution in [0.1, 0.15) is 36.6 Å². The lowest BCUT2D eigenvalue weighted by Gasteiger charge is -2.23. The molecule has 1 N–H and O–H groups in total. The van der Waals surface area contributed by atoms with E-state index >= 15 is 0 Å². The van der Waals surface area contributed by atoms with Gasteiger partial charge in [-0.3, -0.25) is 0 Å². The van der Waals surface area contributed by atoms with Gasteiger partial charge in [-0.2, -0.15) is 5.10 Å². The molecule has 0 amide bonds. The van der Waals surface area contributed by atoms with Gasteiger partial charge in [-0.1, -0.05) is 17.3 Å². The Labute approximate surface area is 202 Å². The Morgan fingerprint density at radius 1 is 1.00 bits per heavy atom. The van der Waals surface area contributed by atoms with Gasteiger partial charge in [0.2, 0.25) is 0 Å². The number of hydrogen-bond acceptors (Lipinski definition) is 6. The fraction of sp³-hybridized carbons (Fsp3) is 0.296. The van der Waals surface area contributed by atoms with E-state index in [0.29, 0.717) is 0 Å². The molecule has 1 saturated heterocycles. The zero-order valence-electron chi connectivity index (χ0n) is 19.4. The van der Waals surface area contributed by atoms with Crippen molar-refractivity contribution < 1.29 is 9.15 Å². The fourth-order valence-corrected chi connectivity index (χ4v) is 5.18. The number of nitrogens with zero attached hydrogens (tertiary/aromatic N) is 5. The van der Waals surface area contributed by atoms with E-state index in [9.17, 15) is 0 Å². The van der Waals surface area contributed by atoms with E-state index in [1.165, 1.54) is 11.1 Å². The first-order valence-electron chi connectivity index (χ1n) is 12.3. The first-order chi connectivity index (χ1) is 17.3. The molecule has 0 bridgehead atoms. The molecule has 5 heterocycles. The van der Waals surface area contributed by atoms with Crippen LogP contribution in [0.2, 0.25) is 0 Å². The van der Waals surface area contributed by atoms with E-state index in [0.717, 1.165) is 84.5 Å². The first kappa shape index (κ1) is 20.6. The zero-order valence-corrected chi connectivity index (χ0v) is 19.4. The van der Waals surface area contributed by atoms with Crippen LogP contribution in [-0.4, -0.2) is 37.9 Å². The summed E-state index contributed by atoms with van der Waals surface area (Å²) >= 11 is 0. The molecule has 0 aliphatic carbocycles. The topological polar surface area (TPSA) is 82.9 Å². The molecule has 2 aliphatic heterocycles. The normalized spacial score (nSPS) is 18.1. The highest BCUT2D eigenvalue weighted by molar-refractivity contribution is 5.95. The summed E-state index contributed by atoms with van der Waals surface area (Å²) in [5.41, 5.74) is 8.42. The van der Waals surface area contributed by atoms with Gasteiger partial charge in [-0.25, -0.2) is 9.36 Å². The van der Waals surface area contributed by atoms with E-state index in [1.807, 2.05) is 21.6 Å². The number of benzene rings is 2. The molecule has 7 rings (SSSR count). The smallest absolute Gasteiger partial charge is 0.150 e. The van der Waals surface area contributed by atoms with Gasteiger partial charge in [-0.15, -0.1) is 5.10 Å². The predicted molar refractivity (Wildman–Crippen MR) is 132 cm³/mol. The van der Waals surface area contributed by atoms with Gasteiger partial charge in [-0.05, 0) is 79.3 Å². The Morgan fingerprint density at radius 2 is 2.00 bits per heavy atom. The number of furan rings is 1. The van der Waals surface area contributed by atoms with Gasteiger partial charge in [0, 0.05) is 24.1 Å². The van der Waals surface area contributed by atoms with E-state index in [-0.39, 0.29) is 6.23 Å². The molecule has 1 atom stereocenters. The Kier molecular flexibility index (Phi) is 4.99. The summed E-state index contributed by atoms with van der Waals surface area (Å²) in [7, 11) is 0. The van der Waals surface area contributed by atoms with Crippen molar-refractivity contribution in [2.45, 2.75) is 38.5 Å². The van der Waals surface area contributed by atoms with Crippen LogP contribution in [0, 0.1) is 0 Å². The number of fused-ring (bicyclic) bond motifs is 2. The lowest BCUT2D eigenvalue weighted by Crippen LogP contribution is -2.23. The summed E-state index contributed by atoms with van der Waals surface area (Å²) in [6.07, 6.45) is 9.60. The maximum atomic E-state index is 6.09. The molecular formula is C27H26N6O2. The van der Waals surface area contributed by atoms with Gasteiger partial charge in [0.1, 0.15) is 11.4 Å². The molecule has 0 spiro atoms. The van der Waals surface area contributed by atoms with Crippen molar-refractivity contribution in [1.82, 2.24) is 30.1 Å². The first-order valence-corrected chi connectivity index (χ1v) is 12.3. The van der Waals surface area contributed by atoms with E-state index in [1.54, 1.807) is 12.5 Å². The van der Waals surface area contributed by atoms with Gasteiger partial charge in [0.25, 0.3) is 0 Å². The Morgan fingerprint density at radius 3 is 2.89 bits per heavy atom. The van der Waals surface area contributed by atoms with Gasteiger partial charge in [0.15, 0.2) is 6.23 Å². The van der Waals surface area contributed by atoms with E-state index in [4.69, 9.17) is 14.3 Å². The molecule has 1 unspecified atom stereocenters. The van der Waals surface area contributed by atoms with Crippen LogP contribution in [0.25, 0.3) is 39.1 Å². The van der Waals surface area contributed by atoms with Crippen molar-refractivity contribution in [3.8, 4) is 28.2 Å². The Hall–Kier alpha value is -3.75. The molecule has 3 aromatic heterocycles. The molecule has 2 aliphatic rings. The molecule has 2 aromatic carbocycles. The van der Waals surface area contributed by atoms with Crippen LogP contribution in [0.3, 0.4) is 0 Å². The van der Waals surface area contributed by atoms with Gasteiger partial charge < -0.3 is 14.5 Å². The van der Waals surface area contributed by atoms with Crippen molar-refractivity contribution >= 4 is 10.9 Å². The molecule has 0 radical (unpaired) electrons. The third-order valence-electron chi connectivity index (χ3n) is 7.07. The third kappa shape index (κ3) is 3.66. The average Bonchev–Trinajstić information content (AvgIpc) is 3.68. The minimum atomic E-state index is -0.0667. The number of aromatic nitrogens is 5. The van der Waals surface area contributed by atoms with Crippen molar-refractivity contribution in [3.63, 3.8) is 0 Å². The fourth-order valence-electron chi connectivity index (χ4n) is 5.18. The zero-order chi connectivity index (χ0) is 23.2. The summed E-state index contributed by atoms with van der Waals surface area (Å²) in [5.74, 6) is 0. The van der Waals surface area contributed by atoms with Crippen LogP contribution in [0.4, 0.5) is 0 Å². The van der Waals surface area contributed by atoms with Crippen molar-refractivity contribution in [3.05, 3.63) is 72.3 Å². The molecular weight excluding hydrogens is 440 g/mol. The SMILES string of the molecule is c1cc(-c2ccc3c(c2)c(-c2cn(-c4ccc5c(c4)CNCC5)nn2)nn3C2CCCCO2)co1. The molecule has 176 valence electrons. The lowest BCUT2D eigenvalue weighted by molar-refractivity contribution is -0.0365. The van der Waals surface area contributed by atoms with Gasteiger partial charge in [0.05, 0.1) is 29.9 Å². The molecule has 8 heteroatoms. The lowest BCUT2D eigenvalue weighted by atomic mass is 10.0. The molecule has 35 heavy (non-hydrogen) atoms. The van der Waals surface area contributed by atoms with Crippen LogP contribution in [0.15, 0.2) is 65.6 Å². The second kappa shape index (κ2) is 8.48. The van der Waals surface area contributed by atoms with Crippen LogP contribution in [0.5, 0.6) is 0 Å². The summed E-state index contributed by atoms with van der Waals surface area (Å²) < 4.78 is 15.3. The summed E-state index contributed by atoms with van der Waals surface area (Å²) in [6.45, 7) is 2.68. The second-order valence-corrected chi connectivity index (χ2v) is 9.29. The largest absolute Gasteiger partial charge is 0.472 e. The highest BCUT2D eigenvalue weighted by Gasteiger charge is 2.23. The third-order valence-corrected chi connectivity index (χ3v) is 7.07. The van der Waals surface area contributed by atoms with Crippen LogP contribution in [-0.2, 0) is 17.7 Å². The quantitative estimate of drug-likeness (QED) is 0.406. The minimum absolute atomic E-state index is 0.0667. The van der Waals surface area contributed by atoms with Crippen molar-refractivity contribution in [2.24, 2.45) is 0 Å². The number of ether oxygens (including phenoxy) is 1. The Bertz CT molecular complexity index is 1490. The van der Waals surface area contributed by atoms with Crippen molar-refractivity contribution in [2.75, 3.05) is 13.2 Å². The summed E-state index contributed by atoms with van der Waals surface area (Å²) in [6, 6.07) is 14.9. The van der Waals surface area contributed by atoms with Gasteiger partial charge >= 0.3 is 0 Å².